The monoisotopic (exact) mass is 516 g/mol. The van der Waals surface area contributed by atoms with E-state index in [1.54, 1.807) is 5.57 Å². The Bertz CT molecular complexity index is 680. The van der Waals surface area contributed by atoms with Crippen LogP contribution in [0.5, 0.6) is 0 Å². The van der Waals surface area contributed by atoms with Crippen LogP contribution < -0.4 is 0 Å². The zero-order valence-corrected chi connectivity index (χ0v) is 21.6. The van der Waals surface area contributed by atoms with Crippen molar-refractivity contribution in [3.63, 3.8) is 0 Å². The Hall–Kier alpha value is -0.143. The second kappa shape index (κ2) is 8.18. The molecular weight excluding hydrogens is 479 g/mol. The van der Waals surface area contributed by atoms with Crippen LogP contribution in [0.15, 0.2) is 21.5 Å². The third-order valence-corrected chi connectivity index (χ3v) is 9.13. The lowest BCUT2D eigenvalue weighted by Crippen LogP contribution is -2.43. The maximum atomic E-state index is 12.4. The minimum Gasteiger partial charge on any atom is -0.429 e. The molecule has 2 saturated carbocycles. The predicted molar refractivity (Wildman–Crippen MR) is 126 cm³/mol. The molecule has 3 rings (SSSR count). The van der Waals surface area contributed by atoms with E-state index in [1.165, 1.54) is 32.1 Å². The van der Waals surface area contributed by atoms with Crippen LogP contribution in [0, 0.1) is 23.2 Å². The number of cyclic esters (lactones) is 1. The zero-order valence-electron chi connectivity index (χ0n) is 18.4. The molecule has 0 bridgehead atoms. The van der Waals surface area contributed by atoms with Gasteiger partial charge in [-0.1, -0.05) is 42.0 Å². The second-order valence-electron chi connectivity index (χ2n) is 10.6. The van der Waals surface area contributed by atoms with Gasteiger partial charge < -0.3 is 9.16 Å². The van der Waals surface area contributed by atoms with E-state index in [2.05, 4.69) is 60.2 Å². The van der Waals surface area contributed by atoms with Crippen molar-refractivity contribution in [3.05, 3.63) is 21.5 Å². The van der Waals surface area contributed by atoms with Gasteiger partial charge in [0, 0.05) is 6.42 Å². The average molecular weight is 517 g/mol. The van der Waals surface area contributed by atoms with Crippen LogP contribution in [-0.4, -0.2) is 19.9 Å². The van der Waals surface area contributed by atoms with E-state index in [0.717, 1.165) is 30.4 Å². The van der Waals surface area contributed by atoms with E-state index >= 15 is 0 Å². The fourth-order valence-corrected chi connectivity index (χ4v) is 8.32. The van der Waals surface area contributed by atoms with Gasteiger partial charge in [-0.15, -0.1) is 0 Å². The number of hydrogen-bond acceptors (Lipinski definition) is 3. The number of allylic oxidation sites excluding steroid dienone is 2. The van der Waals surface area contributed by atoms with Crippen LogP contribution in [0.2, 0.25) is 19.6 Å². The van der Waals surface area contributed by atoms with E-state index < -0.39 is 13.9 Å². The third kappa shape index (κ3) is 4.46. The molecule has 0 saturated heterocycles. The van der Waals surface area contributed by atoms with E-state index in [4.69, 9.17) is 9.16 Å². The van der Waals surface area contributed by atoms with Crippen molar-refractivity contribution < 1.29 is 14.0 Å². The summed E-state index contributed by atoms with van der Waals surface area (Å²) in [6.45, 7) is 13.1. The Labute approximate surface area is 186 Å². The molecule has 28 heavy (non-hydrogen) atoms. The van der Waals surface area contributed by atoms with E-state index in [9.17, 15) is 4.79 Å². The zero-order chi connectivity index (χ0) is 20.7. The lowest BCUT2D eigenvalue weighted by molar-refractivity contribution is -0.149. The predicted octanol–water partition coefficient (Wildman–Crippen LogP) is 6.99. The quantitative estimate of drug-likeness (QED) is 0.217. The minimum atomic E-state index is -1.82. The molecule has 0 aromatic rings. The minimum absolute atomic E-state index is 0.241. The van der Waals surface area contributed by atoms with Gasteiger partial charge in [0.05, 0.1) is 0 Å². The molecule has 0 radical (unpaired) electrons. The molecule has 2 fully saturated rings. The molecule has 3 nitrogen and oxygen atoms in total. The van der Waals surface area contributed by atoms with Crippen molar-refractivity contribution in [1.29, 1.82) is 0 Å². The number of carbonyl (C=O) groups excluding carboxylic acids is 1. The molecule has 5 atom stereocenters. The molecule has 0 aromatic carbocycles. The second-order valence-corrected chi connectivity index (χ2v) is 15.7. The summed E-state index contributed by atoms with van der Waals surface area (Å²) in [6.07, 6.45) is 10.5. The Morgan fingerprint density at radius 1 is 1.36 bits per heavy atom. The van der Waals surface area contributed by atoms with Crippen molar-refractivity contribution in [1.82, 2.24) is 0 Å². The molecule has 0 spiro atoms. The van der Waals surface area contributed by atoms with Gasteiger partial charge in [-0.05, 0) is 98.4 Å². The topological polar surface area (TPSA) is 35.5 Å². The smallest absolute Gasteiger partial charge is 0.346 e. The summed E-state index contributed by atoms with van der Waals surface area (Å²) >= 11 is 2.44. The van der Waals surface area contributed by atoms with Gasteiger partial charge in [-0.3, -0.25) is 0 Å². The van der Waals surface area contributed by atoms with Crippen molar-refractivity contribution in [2.45, 2.75) is 91.0 Å². The van der Waals surface area contributed by atoms with Crippen LogP contribution in [-0.2, 0) is 14.0 Å². The molecule has 0 amide bonds. The molecule has 5 heteroatoms. The van der Waals surface area contributed by atoms with Gasteiger partial charge in [0.1, 0.15) is 5.76 Å². The number of carbonyl (C=O) groups is 1. The number of esters is 1. The first-order chi connectivity index (χ1) is 13.0. The number of ether oxygens (including phenoxy) is 1. The van der Waals surface area contributed by atoms with Gasteiger partial charge in [-0.25, -0.2) is 4.79 Å². The maximum absolute atomic E-state index is 12.4. The Balaban J connectivity index is 1.63. The fraction of sp³-hybridized carbons (Fsp3) is 0.783. The molecule has 1 aliphatic heterocycles. The summed E-state index contributed by atoms with van der Waals surface area (Å²) in [4.78, 5) is 12.4. The highest BCUT2D eigenvalue weighted by atomic mass is 127. The van der Waals surface area contributed by atoms with Crippen LogP contribution >= 0.6 is 22.6 Å². The lowest BCUT2D eigenvalue weighted by atomic mass is 9.61. The molecular formula is C23H37IO3Si. The van der Waals surface area contributed by atoms with Crippen LogP contribution in [0.25, 0.3) is 0 Å². The first kappa shape index (κ1) is 22.5. The average Bonchev–Trinajstić information content (AvgIpc) is 3.07. The van der Waals surface area contributed by atoms with Crippen LogP contribution in [0.1, 0.15) is 65.7 Å². The Morgan fingerprint density at radius 3 is 2.71 bits per heavy atom. The molecule has 2 aliphatic carbocycles. The summed E-state index contributed by atoms with van der Waals surface area (Å²) in [6, 6.07) is 0. The van der Waals surface area contributed by atoms with E-state index in [0.29, 0.717) is 11.3 Å². The van der Waals surface area contributed by atoms with E-state index in [-0.39, 0.29) is 5.97 Å². The molecule has 1 heterocycles. The highest BCUT2D eigenvalue weighted by Gasteiger charge is 2.50. The Kier molecular flexibility index (Phi) is 6.58. The van der Waals surface area contributed by atoms with Gasteiger partial charge in [0.15, 0.2) is 13.9 Å². The number of rotatable bonds is 6. The van der Waals surface area contributed by atoms with Crippen molar-refractivity contribution >= 4 is 36.9 Å². The highest BCUT2D eigenvalue weighted by Crippen LogP contribution is 2.60. The van der Waals surface area contributed by atoms with Crippen molar-refractivity contribution in [3.8, 4) is 0 Å². The van der Waals surface area contributed by atoms with E-state index in [1.807, 2.05) is 13.0 Å². The summed E-state index contributed by atoms with van der Waals surface area (Å²) < 4.78 is 14.1. The largest absolute Gasteiger partial charge is 0.429 e. The Morgan fingerprint density at radius 2 is 2.07 bits per heavy atom. The number of fused-ring (bicyclic) bond motifs is 1. The van der Waals surface area contributed by atoms with Gasteiger partial charge in [-0.2, -0.15) is 0 Å². The summed E-state index contributed by atoms with van der Waals surface area (Å²) in [5.74, 6) is 2.77. The summed E-state index contributed by atoms with van der Waals surface area (Å²) in [5, 5.41) is 0. The highest BCUT2D eigenvalue weighted by molar-refractivity contribution is 14.1. The molecule has 1 unspecified atom stereocenters. The molecule has 3 aliphatic rings. The van der Waals surface area contributed by atoms with Crippen LogP contribution in [0.4, 0.5) is 0 Å². The third-order valence-electron chi connectivity index (χ3n) is 7.29. The van der Waals surface area contributed by atoms with Crippen LogP contribution in [0.3, 0.4) is 0 Å². The standard InChI is InChI=1S/C23H37IO3Si/c1-16(19-11-12-20-17(15-24)8-7-13-22(19,20)2)9-10-18-14-23(3,21(25)26-18)27-28(4,5)6/h14-16,19-20H,7-13H2,1-6H3/t16-,19-,20?,22+,23+/m1/s1. The van der Waals surface area contributed by atoms with Gasteiger partial charge in [0.25, 0.3) is 0 Å². The fourth-order valence-electron chi connectivity index (χ4n) is 6.16. The lowest BCUT2D eigenvalue weighted by Gasteiger charge is -2.44. The van der Waals surface area contributed by atoms with Gasteiger partial charge >= 0.3 is 5.97 Å². The maximum Gasteiger partial charge on any atom is 0.346 e. The molecule has 0 N–H and O–H groups in total. The summed E-state index contributed by atoms with van der Waals surface area (Å²) in [7, 11) is -1.82. The first-order valence-corrected chi connectivity index (χ1v) is 15.6. The number of halogens is 1. The SMILES string of the molecule is C[C@H](CCC1=C[C@](C)(O[Si](C)(C)C)C(=O)O1)[C@H]1CCC2C(=CI)CCC[C@]21C. The molecule has 158 valence electrons. The van der Waals surface area contributed by atoms with Crippen molar-refractivity contribution in [2.24, 2.45) is 23.2 Å². The van der Waals surface area contributed by atoms with Crippen molar-refractivity contribution in [2.75, 3.05) is 0 Å². The number of hydrogen-bond donors (Lipinski definition) is 0. The normalized spacial score (nSPS) is 38.3. The first-order valence-electron chi connectivity index (χ1n) is 10.9. The van der Waals surface area contributed by atoms with Gasteiger partial charge in [0.2, 0.25) is 0 Å². The summed E-state index contributed by atoms with van der Waals surface area (Å²) in [5.41, 5.74) is 1.25. The molecule has 0 aromatic heterocycles.